The van der Waals surface area contributed by atoms with Crippen LogP contribution < -0.4 is 5.56 Å². The number of nitrogens with zero attached hydrogens (tertiary/aromatic N) is 1. The minimum Gasteiger partial charge on any atom is -0.316 e. The molecule has 74 valence electrons. The van der Waals surface area contributed by atoms with Crippen LogP contribution in [-0.2, 0) is 7.05 Å². The van der Waals surface area contributed by atoms with E-state index in [-0.39, 0.29) is 13.0 Å². The maximum atomic E-state index is 11.5. The molecule has 13 heavy (non-hydrogen) atoms. The zero-order valence-electron chi connectivity index (χ0n) is 8.36. The number of aromatic nitrogens is 1. The summed E-state index contributed by atoms with van der Waals surface area (Å²) in [6, 6.07) is 0. The maximum absolute atomic E-state index is 11.5. The average molecular weight is 181 g/mol. The van der Waals surface area contributed by atoms with E-state index in [4.69, 9.17) is 0 Å². The highest BCUT2D eigenvalue weighted by molar-refractivity contribution is 5.33. The SMILES string of the molecule is C.Cc1c(C)c(C)n(C)c(=O)c1C. The van der Waals surface area contributed by atoms with E-state index in [9.17, 15) is 4.79 Å². The first kappa shape index (κ1) is 11.9. The zero-order valence-corrected chi connectivity index (χ0v) is 8.36. The van der Waals surface area contributed by atoms with Crippen LogP contribution in [-0.4, -0.2) is 4.57 Å². The van der Waals surface area contributed by atoms with Gasteiger partial charge in [-0.2, -0.15) is 0 Å². The summed E-state index contributed by atoms with van der Waals surface area (Å²) in [5, 5.41) is 0. The number of hydrogen-bond acceptors (Lipinski definition) is 1. The van der Waals surface area contributed by atoms with Crippen LogP contribution in [0, 0.1) is 27.7 Å². The molecule has 0 fully saturated rings. The second-order valence-electron chi connectivity index (χ2n) is 3.32. The van der Waals surface area contributed by atoms with E-state index < -0.39 is 0 Å². The highest BCUT2D eigenvalue weighted by Crippen LogP contribution is 2.11. The lowest BCUT2D eigenvalue weighted by Gasteiger charge is -2.11. The lowest BCUT2D eigenvalue weighted by molar-refractivity contribution is 0.792. The van der Waals surface area contributed by atoms with Gasteiger partial charge in [0.2, 0.25) is 0 Å². The van der Waals surface area contributed by atoms with E-state index in [1.165, 1.54) is 5.56 Å². The molecular weight excluding hydrogens is 162 g/mol. The van der Waals surface area contributed by atoms with Gasteiger partial charge in [0.15, 0.2) is 0 Å². The van der Waals surface area contributed by atoms with Crippen molar-refractivity contribution in [2.24, 2.45) is 7.05 Å². The fraction of sp³-hybridized carbons (Fsp3) is 0.545. The Hall–Kier alpha value is -1.05. The van der Waals surface area contributed by atoms with Crippen LogP contribution in [0.3, 0.4) is 0 Å². The third kappa shape index (κ3) is 1.67. The van der Waals surface area contributed by atoms with Crippen molar-refractivity contribution < 1.29 is 0 Å². The first-order valence-corrected chi connectivity index (χ1v) is 4.10. The van der Waals surface area contributed by atoms with Gasteiger partial charge in [0.05, 0.1) is 0 Å². The Balaban J connectivity index is 0.00000144. The second-order valence-corrected chi connectivity index (χ2v) is 3.32. The van der Waals surface area contributed by atoms with Crippen molar-refractivity contribution in [3.8, 4) is 0 Å². The molecule has 1 aromatic rings. The summed E-state index contributed by atoms with van der Waals surface area (Å²) in [7, 11) is 1.82. The predicted octanol–water partition coefficient (Wildman–Crippen LogP) is 2.26. The molecule has 1 rings (SSSR count). The molecule has 0 atom stereocenters. The minimum atomic E-state index is 0. The molecule has 0 amide bonds. The van der Waals surface area contributed by atoms with E-state index in [0.29, 0.717) is 0 Å². The van der Waals surface area contributed by atoms with E-state index in [1.807, 2.05) is 27.8 Å². The Kier molecular flexibility index (Phi) is 3.47. The average Bonchev–Trinajstić information content (AvgIpc) is 2.08. The Labute approximate surface area is 80.2 Å². The van der Waals surface area contributed by atoms with Gasteiger partial charge in [-0.15, -0.1) is 0 Å². The molecule has 0 saturated carbocycles. The van der Waals surface area contributed by atoms with Gasteiger partial charge in [-0.05, 0) is 38.8 Å². The fourth-order valence-electron chi connectivity index (χ4n) is 1.37. The topological polar surface area (TPSA) is 22.0 Å². The predicted molar refractivity (Wildman–Crippen MR) is 57.4 cm³/mol. The van der Waals surface area contributed by atoms with E-state index in [1.54, 1.807) is 4.57 Å². The molecule has 0 saturated heterocycles. The van der Waals surface area contributed by atoms with Gasteiger partial charge in [0.1, 0.15) is 0 Å². The summed E-state index contributed by atoms with van der Waals surface area (Å²) >= 11 is 0. The van der Waals surface area contributed by atoms with Crippen LogP contribution in [0.5, 0.6) is 0 Å². The van der Waals surface area contributed by atoms with Crippen LogP contribution in [0.2, 0.25) is 0 Å². The fourth-order valence-corrected chi connectivity index (χ4v) is 1.37. The van der Waals surface area contributed by atoms with Crippen LogP contribution >= 0.6 is 0 Å². The molecule has 1 aromatic heterocycles. The summed E-state index contributed by atoms with van der Waals surface area (Å²) in [5.41, 5.74) is 4.38. The molecule has 0 bridgehead atoms. The van der Waals surface area contributed by atoms with Gasteiger partial charge in [0.25, 0.3) is 5.56 Å². The van der Waals surface area contributed by atoms with Gasteiger partial charge < -0.3 is 4.57 Å². The van der Waals surface area contributed by atoms with Crippen molar-refractivity contribution >= 4 is 0 Å². The van der Waals surface area contributed by atoms with Crippen molar-refractivity contribution in [3.63, 3.8) is 0 Å². The summed E-state index contributed by atoms with van der Waals surface area (Å²) < 4.78 is 1.71. The van der Waals surface area contributed by atoms with Crippen molar-refractivity contribution in [1.29, 1.82) is 0 Å². The molecule has 0 aliphatic rings. The molecule has 0 aromatic carbocycles. The summed E-state index contributed by atoms with van der Waals surface area (Å²) in [6.07, 6.45) is 0. The van der Waals surface area contributed by atoms with Crippen molar-refractivity contribution in [3.05, 3.63) is 32.7 Å². The van der Waals surface area contributed by atoms with Crippen molar-refractivity contribution in [2.45, 2.75) is 35.1 Å². The first-order valence-electron chi connectivity index (χ1n) is 4.10. The van der Waals surface area contributed by atoms with Gasteiger partial charge in [-0.3, -0.25) is 4.79 Å². The Bertz CT molecular complexity index is 342. The van der Waals surface area contributed by atoms with Crippen LogP contribution in [0.1, 0.15) is 29.8 Å². The maximum Gasteiger partial charge on any atom is 0.253 e. The standard InChI is InChI=1S/C10H15NO.CH4/c1-6-7(2)9(4)11(5)10(12)8(6)3;/h1-5H3;1H4. The smallest absolute Gasteiger partial charge is 0.253 e. The zero-order chi connectivity index (χ0) is 9.46. The molecular formula is C11H19NO. The normalized spacial score (nSPS) is 9.62. The minimum absolute atomic E-state index is 0. The molecule has 0 aliphatic carbocycles. The largest absolute Gasteiger partial charge is 0.316 e. The molecule has 2 nitrogen and oxygen atoms in total. The van der Waals surface area contributed by atoms with E-state index in [2.05, 4.69) is 6.92 Å². The van der Waals surface area contributed by atoms with Crippen LogP contribution in [0.15, 0.2) is 4.79 Å². The molecule has 0 unspecified atom stereocenters. The summed E-state index contributed by atoms with van der Waals surface area (Å²) in [5.74, 6) is 0. The van der Waals surface area contributed by atoms with Gasteiger partial charge in [0, 0.05) is 18.3 Å². The lowest BCUT2D eigenvalue weighted by atomic mass is 10.0. The second kappa shape index (κ2) is 3.77. The monoisotopic (exact) mass is 181 g/mol. The quantitative estimate of drug-likeness (QED) is 0.601. The molecule has 0 N–H and O–H groups in total. The first-order chi connectivity index (χ1) is 5.46. The van der Waals surface area contributed by atoms with Crippen LogP contribution in [0.25, 0.3) is 0 Å². The third-order valence-corrected chi connectivity index (χ3v) is 2.80. The highest BCUT2D eigenvalue weighted by Gasteiger charge is 2.07. The molecule has 0 aliphatic heterocycles. The lowest BCUT2D eigenvalue weighted by Crippen LogP contribution is -2.23. The number of hydrogen-bond donors (Lipinski definition) is 0. The van der Waals surface area contributed by atoms with Gasteiger partial charge >= 0.3 is 0 Å². The van der Waals surface area contributed by atoms with Crippen molar-refractivity contribution in [1.82, 2.24) is 4.57 Å². The Morgan fingerprint density at radius 1 is 0.923 bits per heavy atom. The Morgan fingerprint density at radius 2 is 1.38 bits per heavy atom. The molecule has 1 heterocycles. The Morgan fingerprint density at radius 3 is 1.85 bits per heavy atom. The van der Waals surface area contributed by atoms with Gasteiger partial charge in [-0.25, -0.2) is 0 Å². The van der Waals surface area contributed by atoms with E-state index in [0.717, 1.165) is 16.8 Å². The molecule has 0 spiro atoms. The third-order valence-electron chi connectivity index (χ3n) is 2.80. The van der Waals surface area contributed by atoms with E-state index >= 15 is 0 Å². The molecule has 0 radical (unpaired) electrons. The van der Waals surface area contributed by atoms with Gasteiger partial charge in [-0.1, -0.05) is 7.43 Å². The number of pyridine rings is 1. The number of rotatable bonds is 0. The summed E-state index contributed by atoms with van der Waals surface area (Å²) in [4.78, 5) is 11.5. The highest BCUT2D eigenvalue weighted by atomic mass is 16.1. The summed E-state index contributed by atoms with van der Waals surface area (Å²) in [6.45, 7) is 7.91. The molecule has 2 heteroatoms. The van der Waals surface area contributed by atoms with Crippen LogP contribution in [0.4, 0.5) is 0 Å². The van der Waals surface area contributed by atoms with Crippen molar-refractivity contribution in [2.75, 3.05) is 0 Å².